The van der Waals surface area contributed by atoms with Gasteiger partial charge in [0.2, 0.25) is 0 Å². The molecular formula is C17H24N2O. The van der Waals surface area contributed by atoms with E-state index in [1.54, 1.807) is 6.20 Å². The molecule has 20 heavy (non-hydrogen) atoms. The maximum absolute atomic E-state index is 10.9. The summed E-state index contributed by atoms with van der Waals surface area (Å²) in [4.78, 5) is 6.48. The van der Waals surface area contributed by atoms with E-state index in [2.05, 4.69) is 43.6 Å². The minimum absolute atomic E-state index is 0.312. The molecule has 0 fully saturated rings. The molecule has 1 unspecified atom stereocenters. The van der Waals surface area contributed by atoms with E-state index in [1.807, 2.05) is 24.4 Å². The third kappa shape index (κ3) is 2.56. The number of benzene rings is 1. The summed E-state index contributed by atoms with van der Waals surface area (Å²) in [6.45, 7) is 10.3. The Hall–Kier alpha value is -1.45. The van der Waals surface area contributed by atoms with Crippen molar-refractivity contribution < 1.29 is 5.11 Å². The third-order valence-corrected chi connectivity index (χ3v) is 4.26. The summed E-state index contributed by atoms with van der Waals surface area (Å²) in [5, 5.41) is 13.1. The minimum atomic E-state index is -0.546. The topological polar surface area (TPSA) is 36.4 Å². The molecule has 1 heterocycles. The van der Waals surface area contributed by atoms with Crippen LogP contribution in [0, 0.1) is 0 Å². The summed E-state index contributed by atoms with van der Waals surface area (Å²) in [5.41, 5.74) is 0.640. The molecule has 0 aliphatic carbocycles. The van der Waals surface area contributed by atoms with Gasteiger partial charge >= 0.3 is 0 Å². The van der Waals surface area contributed by atoms with Crippen molar-refractivity contribution in [1.29, 1.82) is 0 Å². The zero-order chi connectivity index (χ0) is 14.8. The first-order chi connectivity index (χ1) is 9.52. The summed E-state index contributed by atoms with van der Waals surface area (Å²) in [6, 6.07) is 8.03. The van der Waals surface area contributed by atoms with Crippen LogP contribution in [0.1, 0.15) is 39.4 Å². The molecule has 1 aromatic carbocycles. The molecule has 3 heteroatoms. The lowest BCUT2D eigenvalue weighted by Crippen LogP contribution is -2.48. The Balaban J connectivity index is 2.48. The second-order valence-corrected chi connectivity index (χ2v) is 5.67. The lowest BCUT2D eigenvalue weighted by atomic mass is 9.87. The summed E-state index contributed by atoms with van der Waals surface area (Å²) in [5.74, 6) is 0. The molecule has 0 saturated carbocycles. The van der Waals surface area contributed by atoms with Crippen molar-refractivity contribution in [1.82, 2.24) is 9.88 Å². The number of fused-ring (bicyclic) bond motifs is 1. The molecular weight excluding hydrogens is 248 g/mol. The molecule has 2 aromatic rings. The van der Waals surface area contributed by atoms with Gasteiger partial charge in [-0.3, -0.25) is 9.88 Å². The monoisotopic (exact) mass is 272 g/mol. The zero-order valence-corrected chi connectivity index (χ0v) is 12.8. The molecule has 0 saturated heterocycles. The van der Waals surface area contributed by atoms with Crippen LogP contribution in [-0.2, 0) is 0 Å². The highest BCUT2D eigenvalue weighted by Crippen LogP contribution is 2.34. The van der Waals surface area contributed by atoms with E-state index in [4.69, 9.17) is 0 Å². The Bertz CT molecular complexity index is 571. The molecule has 0 radical (unpaired) electrons. The molecule has 1 aromatic heterocycles. The summed E-state index contributed by atoms with van der Waals surface area (Å²) >= 11 is 0. The van der Waals surface area contributed by atoms with Gasteiger partial charge in [-0.1, -0.05) is 32.0 Å². The van der Waals surface area contributed by atoms with Gasteiger partial charge in [0, 0.05) is 23.3 Å². The highest BCUT2D eigenvalue weighted by Gasteiger charge is 2.34. The summed E-state index contributed by atoms with van der Waals surface area (Å²) < 4.78 is 0. The van der Waals surface area contributed by atoms with Crippen LogP contribution in [0.2, 0.25) is 0 Å². The molecule has 0 amide bonds. The molecule has 0 aliphatic rings. The van der Waals surface area contributed by atoms with Crippen molar-refractivity contribution in [3.63, 3.8) is 0 Å². The Labute approximate surface area is 121 Å². The molecule has 108 valence electrons. The molecule has 0 spiro atoms. The van der Waals surface area contributed by atoms with E-state index in [0.717, 1.165) is 29.4 Å². The van der Waals surface area contributed by atoms with Crippen molar-refractivity contribution in [3.05, 3.63) is 42.2 Å². The quantitative estimate of drug-likeness (QED) is 0.906. The van der Waals surface area contributed by atoms with Crippen molar-refractivity contribution >= 4 is 10.8 Å². The van der Waals surface area contributed by atoms with Crippen LogP contribution in [0.3, 0.4) is 0 Å². The van der Waals surface area contributed by atoms with E-state index < -0.39 is 6.10 Å². The predicted octanol–water partition coefficient (Wildman–Crippen LogP) is 3.39. The normalized spacial score (nSPS) is 13.9. The van der Waals surface area contributed by atoms with Crippen LogP contribution in [-0.4, -0.2) is 33.6 Å². The number of hydrogen-bond acceptors (Lipinski definition) is 3. The Morgan fingerprint density at radius 1 is 1.20 bits per heavy atom. The number of nitrogens with zero attached hydrogens (tertiary/aromatic N) is 2. The number of aromatic nitrogens is 1. The van der Waals surface area contributed by atoms with Crippen LogP contribution in [0.15, 0.2) is 36.7 Å². The first kappa shape index (κ1) is 14.9. The molecule has 1 atom stereocenters. The van der Waals surface area contributed by atoms with E-state index >= 15 is 0 Å². The van der Waals surface area contributed by atoms with Crippen molar-refractivity contribution in [2.45, 2.75) is 39.3 Å². The predicted molar refractivity (Wildman–Crippen MR) is 83.7 cm³/mol. The minimum Gasteiger partial charge on any atom is -0.386 e. The van der Waals surface area contributed by atoms with Crippen molar-refractivity contribution in [3.8, 4) is 0 Å². The third-order valence-electron chi connectivity index (χ3n) is 4.26. The van der Waals surface area contributed by atoms with E-state index in [9.17, 15) is 5.11 Å². The fourth-order valence-electron chi connectivity index (χ4n) is 2.97. The van der Waals surface area contributed by atoms with E-state index in [0.29, 0.717) is 0 Å². The second-order valence-electron chi connectivity index (χ2n) is 5.67. The molecule has 2 rings (SSSR count). The van der Waals surface area contributed by atoms with Gasteiger partial charge in [0.25, 0.3) is 0 Å². The van der Waals surface area contributed by atoms with Gasteiger partial charge in [-0.05, 0) is 44.0 Å². The van der Waals surface area contributed by atoms with Crippen molar-refractivity contribution in [2.24, 2.45) is 0 Å². The number of rotatable bonds is 5. The van der Waals surface area contributed by atoms with E-state index in [-0.39, 0.29) is 5.54 Å². The number of pyridine rings is 1. The van der Waals surface area contributed by atoms with Gasteiger partial charge in [0.05, 0.1) is 6.10 Å². The Kier molecular flexibility index (Phi) is 4.41. The SMILES string of the molecule is CCN(CC)C(C)(C)C(O)c1cccc2ccncc12. The zero-order valence-electron chi connectivity index (χ0n) is 12.8. The smallest absolute Gasteiger partial charge is 0.0974 e. The largest absolute Gasteiger partial charge is 0.386 e. The van der Waals surface area contributed by atoms with Crippen molar-refractivity contribution in [2.75, 3.05) is 13.1 Å². The first-order valence-corrected chi connectivity index (χ1v) is 7.28. The molecule has 0 aliphatic heterocycles. The van der Waals surface area contributed by atoms with Crippen LogP contribution < -0.4 is 0 Å². The molecule has 3 nitrogen and oxygen atoms in total. The van der Waals surface area contributed by atoms with Gasteiger partial charge in [0.15, 0.2) is 0 Å². The average Bonchev–Trinajstić information content (AvgIpc) is 2.47. The first-order valence-electron chi connectivity index (χ1n) is 7.28. The highest BCUT2D eigenvalue weighted by molar-refractivity contribution is 5.85. The number of aliphatic hydroxyl groups is 1. The number of aliphatic hydroxyl groups excluding tert-OH is 1. The number of hydrogen-bond donors (Lipinski definition) is 1. The maximum Gasteiger partial charge on any atom is 0.0974 e. The fourth-order valence-corrected chi connectivity index (χ4v) is 2.97. The highest BCUT2D eigenvalue weighted by atomic mass is 16.3. The van der Waals surface area contributed by atoms with Crippen LogP contribution in [0.5, 0.6) is 0 Å². The van der Waals surface area contributed by atoms with Gasteiger partial charge in [-0.2, -0.15) is 0 Å². The van der Waals surface area contributed by atoms with Gasteiger partial charge < -0.3 is 5.11 Å². The van der Waals surface area contributed by atoms with Gasteiger partial charge in [-0.15, -0.1) is 0 Å². The summed E-state index contributed by atoms with van der Waals surface area (Å²) in [7, 11) is 0. The molecule has 1 N–H and O–H groups in total. The summed E-state index contributed by atoms with van der Waals surface area (Å²) in [6.07, 6.45) is 3.08. The standard InChI is InChI=1S/C17H24N2O/c1-5-19(6-2)17(3,4)16(20)14-9-7-8-13-10-11-18-12-15(13)14/h7-12,16,20H,5-6H2,1-4H3. The second kappa shape index (κ2) is 5.90. The maximum atomic E-state index is 10.9. The lowest BCUT2D eigenvalue weighted by Gasteiger charge is -2.41. The Morgan fingerprint density at radius 3 is 2.55 bits per heavy atom. The number of likely N-dealkylation sites (N-methyl/N-ethyl adjacent to an activating group) is 1. The molecule has 0 bridgehead atoms. The van der Waals surface area contributed by atoms with Crippen LogP contribution >= 0.6 is 0 Å². The van der Waals surface area contributed by atoms with Gasteiger partial charge in [-0.25, -0.2) is 0 Å². The van der Waals surface area contributed by atoms with E-state index in [1.165, 1.54) is 0 Å². The Morgan fingerprint density at radius 2 is 1.90 bits per heavy atom. The average molecular weight is 272 g/mol. The van der Waals surface area contributed by atoms with Crippen LogP contribution in [0.4, 0.5) is 0 Å². The van der Waals surface area contributed by atoms with Gasteiger partial charge in [0.1, 0.15) is 0 Å². The fraction of sp³-hybridized carbons (Fsp3) is 0.471. The lowest BCUT2D eigenvalue weighted by molar-refractivity contribution is -0.00545. The van der Waals surface area contributed by atoms with Crippen LogP contribution in [0.25, 0.3) is 10.8 Å².